The summed E-state index contributed by atoms with van der Waals surface area (Å²) in [5.74, 6) is 1.83. The second-order valence-corrected chi connectivity index (χ2v) is 6.14. The molecule has 2 unspecified atom stereocenters. The molecule has 0 spiro atoms. The second kappa shape index (κ2) is 6.14. The highest BCUT2D eigenvalue weighted by Gasteiger charge is 2.24. The van der Waals surface area contributed by atoms with E-state index in [2.05, 4.69) is 0 Å². The molecule has 0 saturated heterocycles. The van der Waals surface area contributed by atoms with E-state index in [0.29, 0.717) is 18.0 Å². The van der Waals surface area contributed by atoms with Crippen LogP contribution < -0.4 is 4.74 Å². The summed E-state index contributed by atoms with van der Waals surface area (Å²) in [6.45, 7) is 0. The summed E-state index contributed by atoms with van der Waals surface area (Å²) >= 11 is 0. The van der Waals surface area contributed by atoms with Gasteiger partial charge in [-0.3, -0.25) is 9.00 Å². The molecule has 18 heavy (non-hydrogen) atoms. The fraction of sp³-hybridized carbons (Fsp3) is 0.500. The molecule has 4 heteroatoms. The van der Waals surface area contributed by atoms with E-state index < -0.39 is 10.8 Å². The largest absolute Gasteiger partial charge is 0.497 e. The van der Waals surface area contributed by atoms with Gasteiger partial charge in [-0.2, -0.15) is 0 Å². The highest BCUT2D eigenvalue weighted by atomic mass is 32.2. The van der Waals surface area contributed by atoms with Crippen molar-refractivity contribution < 1.29 is 13.7 Å². The van der Waals surface area contributed by atoms with Crippen LogP contribution in [0.4, 0.5) is 0 Å². The van der Waals surface area contributed by atoms with E-state index in [4.69, 9.17) is 4.74 Å². The first kappa shape index (κ1) is 13.3. The summed E-state index contributed by atoms with van der Waals surface area (Å²) in [5.41, 5.74) is 0. The van der Waals surface area contributed by atoms with Crippen LogP contribution in [-0.4, -0.2) is 22.9 Å². The standard InChI is InChI=1S/C14H18O3S/c1-17-12-5-7-13(8-6-12)18(16)10-9-11-3-2-4-14(11)15/h5-8,11H,2-4,9-10H2,1H3. The number of benzene rings is 1. The number of ether oxygens (including phenoxy) is 1. The van der Waals surface area contributed by atoms with Crippen LogP contribution in [-0.2, 0) is 15.6 Å². The van der Waals surface area contributed by atoms with Crippen LogP contribution in [0.3, 0.4) is 0 Å². The number of hydrogen-bond donors (Lipinski definition) is 0. The molecule has 1 aromatic rings. The average Bonchev–Trinajstić information content (AvgIpc) is 2.81. The summed E-state index contributed by atoms with van der Waals surface area (Å²) in [6, 6.07) is 7.28. The Morgan fingerprint density at radius 2 is 2.06 bits per heavy atom. The summed E-state index contributed by atoms with van der Waals surface area (Å²) in [4.78, 5) is 12.3. The SMILES string of the molecule is COc1ccc(S(=O)CCC2CCCC2=O)cc1. The molecule has 0 heterocycles. The highest BCUT2D eigenvalue weighted by molar-refractivity contribution is 7.85. The van der Waals surface area contributed by atoms with Crippen LogP contribution in [0.1, 0.15) is 25.7 Å². The van der Waals surface area contributed by atoms with Gasteiger partial charge in [0, 0.05) is 23.0 Å². The lowest BCUT2D eigenvalue weighted by atomic mass is 10.1. The monoisotopic (exact) mass is 266 g/mol. The van der Waals surface area contributed by atoms with Gasteiger partial charge in [-0.25, -0.2) is 0 Å². The fourth-order valence-corrected chi connectivity index (χ4v) is 3.46. The van der Waals surface area contributed by atoms with Gasteiger partial charge in [-0.1, -0.05) is 0 Å². The first-order valence-electron chi connectivity index (χ1n) is 6.26. The number of ketones is 1. The smallest absolute Gasteiger partial charge is 0.136 e. The van der Waals surface area contributed by atoms with Gasteiger partial charge in [0.25, 0.3) is 0 Å². The molecule has 0 bridgehead atoms. The normalized spacial score (nSPS) is 20.9. The Labute approximate surface area is 110 Å². The van der Waals surface area contributed by atoms with Crippen molar-refractivity contribution in [2.45, 2.75) is 30.6 Å². The highest BCUT2D eigenvalue weighted by Crippen LogP contribution is 2.25. The second-order valence-electron chi connectivity index (χ2n) is 4.57. The summed E-state index contributed by atoms with van der Waals surface area (Å²) in [6.07, 6.45) is 3.43. The van der Waals surface area contributed by atoms with Crippen molar-refractivity contribution in [3.8, 4) is 5.75 Å². The molecule has 1 aliphatic rings. The lowest BCUT2D eigenvalue weighted by Crippen LogP contribution is -2.10. The number of hydrogen-bond acceptors (Lipinski definition) is 3. The Balaban J connectivity index is 1.88. The Kier molecular flexibility index (Phi) is 4.53. The van der Waals surface area contributed by atoms with Crippen molar-refractivity contribution in [3.05, 3.63) is 24.3 Å². The van der Waals surface area contributed by atoms with Gasteiger partial charge in [-0.15, -0.1) is 0 Å². The van der Waals surface area contributed by atoms with Crippen LogP contribution in [0.2, 0.25) is 0 Å². The van der Waals surface area contributed by atoms with Crippen LogP contribution >= 0.6 is 0 Å². The van der Waals surface area contributed by atoms with E-state index in [1.807, 2.05) is 24.3 Å². The van der Waals surface area contributed by atoms with Crippen molar-refractivity contribution in [1.82, 2.24) is 0 Å². The molecule has 1 aromatic carbocycles. The third kappa shape index (κ3) is 3.19. The van der Waals surface area contributed by atoms with Crippen LogP contribution in [0.15, 0.2) is 29.2 Å². The minimum atomic E-state index is -1.01. The third-order valence-electron chi connectivity index (χ3n) is 3.41. The van der Waals surface area contributed by atoms with Gasteiger partial charge in [0.1, 0.15) is 11.5 Å². The maximum atomic E-state index is 12.1. The predicted molar refractivity (Wildman–Crippen MR) is 71.2 cm³/mol. The molecule has 1 saturated carbocycles. The van der Waals surface area contributed by atoms with E-state index in [0.717, 1.165) is 29.9 Å². The number of Topliss-reactive ketones (excluding diaryl/α,β-unsaturated/α-hetero) is 1. The molecule has 2 rings (SSSR count). The first-order chi connectivity index (χ1) is 8.70. The molecule has 0 aromatic heterocycles. The molecule has 98 valence electrons. The average molecular weight is 266 g/mol. The zero-order chi connectivity index (χ0) is 13.0. The molecule has 0 radical (unpaired) electrons. The van der Waals surface area contributed by atoms with Gasteiger partial charge < -0.3 is 4.74 Å². The van der Waals surface area contributed by atoms with Gasteiger partial charge in [0.05, 0.1) is 17.9 Å². The molecule has 0 amide bonds. The molecular weight excluding hydrogens is 248 g/mol. The molecular formula is C14H18O3S. The number of methoxy groups -OCH3 is 1. The zero-order valence-corrected chi connectivity index (χ0v) is 11.4. The van der Waals surface area contributed by atoms with E-state index in [1.54, 1.807) is 7.11 Å². The topological polar surface area (TPSA) is 43.4 Å². The fourth-order valence-electron chi connectivity index (χ4n) is 2.29. The van der Waals surface area contributed by atoms with Crippen LogP contribution in [0, 0.1) is 5.92 Å². The maximum Gasteiger partial charge on any atom is 0.136 e. The van der Waals surface area contributed by atoms with Gasteiger partial charge in [0.2, 0.25) is 0 Å². The molecule has 2 atom stereocenters. The van der Waals surface area contributed by atoms with Gasteiger partial charge >= 0.3 is 0 Å². The molecule has 1 fully saturated rings. The lowest BCUT2D eigenvalue weighted by molar-refractivity contribution is -0.120. The molecule has 1 aliphatic carbocycles. The van der Waals surface area contributed by atoms with Gasteiger partial charge in [-0.05, 0) is 43.5 Å². The van der Waals surface area contributed by atoms with E-state index in [9.17, 15) is 9.00 Å². The number of carbonyl (C=O) groups is 1. The van der Waals surface area contributed by atoms with Crippen LogP contribution in [0.25, 0.3) is 0 Å². The van der Waals surface area contributed by atoms with Crippen molar-refractivity contribution >= 4 is 16.6 Å². The van der Waals surface area contributed by atoms with Crippen molar-refractivity contribution in [2.24, 2.45) is 5.92 Å². The Morgan fingerprint density at radius 3 is 2.61 bits per heavy atom. The zero-order valence-electron chi connectivity index (χ0n) is 10.6. The summed E-state index contributed by atoms with van der Waals surface area (Å²) in [5, 5.41) is 0. The Morgan fingerprint density at radius 1 is 1.33 bits per heavy atom. The number of carbonyl (C=O) groups excluding carboxylic acids is 1. The van der Waals surface area contributed by atoms with E-state index in [-0.39, 0.29) is 5.92 Å². The first-order valence-corrected chi connectivity index (χ1v) is 7.57. The van der Waals surface area contributed by atoms with Gasteiger partial charge in [0.15, 0.2) is 0 Å². The summed E-state index contributed by atoms with van der Waals surface area (Å²) < 4.78 is 17.1. The van der Waals surface area contributed by atoms with Crippen molar-refractivity contribution in [3.63, 3.8) is 0 Å². The minimum Gasteiger partial charge on any atom is -0.497 e. The maximum absolute atomic E-state index is 12.1. The minimum absolute atomic E-state index is 0.146. The molecule has 0 aliphatic heterocycles. The van der Waals surface area contributed by atoms with Crippen molar-refractivity contribution in [2.75, 3.05) is 12.9 Å². The number of rotatable bonds is 5. The predicted octanol–water partition coefficient (Wildman–Crippen LogP) is 2.56. The molecule has 3 nitrogen and oxygen atoms in total. The van der Waals surface area contributed by atoms with E-state index in [1.165, 1.54) is 0 Å². The van der Waals surface area contributed by atoms with Crippen LogP contribution in [0.5, 0.6) is 5.75 Å². The molecule has 0 N–H and O–H groups in total. The Bertz CT molecular complexity index is 439. The quantitative estimate of drug-likeness (QED) is 0.822. The van der Waals surface area contributed by atoms with E-state index >= 15 is 0 Å². The lowest BCUT2D eigenvalue weighted by Gasteiger charge is -2.08. The summed E-state index contributed by atoms with van der Waals surface area (Å²) in [7, 11) is 0.596. The Hall–Kier alpha value is -1.16. The van der Waals surface area contributed by atoms with Crippen molar-refractivity contribution in [1.29, 1.82) is 0 Å². The third-order valence-corrected chi connectivity index (χ3v) is 4.81.